The molecule has 0 unspecified atom stereocenters. The molecule has 0 saturated heterocycles. The minimum Gasteiger partial charge on any atom is -0.464 e. The highest BCUT2D eigenvalue weighted by atomic mass is 16.4. The number of hydrogen-bond donors (Lipinski definition) is 2. The largest absolute Gasteiger partial charge is 0.464 e. The molecule has 8 nitrogen and oxygen atoms in total. The van der Waals surface area contributed by atoms with Crippen molar-refractivity contribution >= 4 is 28.8 Å². The quantitative estimate of drug-likeness (QED) is 0.753. The van der Waals surface area contributed by atoms with Gasteiger partial charge in [-0.15, -0.1) is 0 Å². The van der Waals surface area contributed by atoms with E-state index in [-0.39, 0.29) is 10.7 Å². The van der Waals surface area contributed by atoms with Gasteiger partial charge in [0.2, 0.25) is 0 Å². The van der Waals surface area contributed by atoms with Crippen molar-refractivity contribution in [2.45, 2.75) is 6.92 Å². The predicted octanol–water partition coefficient (Wildman–Crippen LogP) is 2.89. The monoisotopic (exact) mass is 312 g/mol. The van der Waals surface area contributed by atoms with E-state index in [1.165, 1.54) is 10.7 Å². The molecule has 2 heterocycles. The zero-order valence-corrected chi connectivity index (χ0v) is 12.0. The molecule has 8 heteroatoms. The third kappa shape index (κ3) is 2.46. The molecule has 0 radical (unpaired) electrons. The first kappa shape index (κ1) is 14.5. The highest BCUT2D eigenvalue weighted by Crippen LogP contribution is 2.27. The third-order valence-electron chi connectivity index (χ3n) is 3.31. The summed E-state index contributed by atoms with van der Waals surface area (Å²) in [5, 5.41) is 24.2. The molecule has 0 fully saturated rings. The van der Waals surface area contributed by atoms with Crippen molar-refractivity contribution in [3.05, 3.63) is 48.4 Å². The number of amides is 2. The molecule has 2 amide bonds. The molecular formula is C15H12N4O4. The molecule has 0 spiro atoms. The zero-order chi connectivity index (χ0) is 16.6. The molecule has 0 saturated carbocycles. The maximum absolute atomic E-state index is 11.3. The highest BCUT2D eigenvalue weighted by molar-refractivity contribution is 6.07. The lowest BCUT2D eigenvalue weighted by Crippen LogP contribution is -2.36. The van der Waals surface area contributed by atoms with Gasteiger partial charge >= 0.3 is 12.2 Å². The van der Waals surface area contributed by atoms with Gasteiger partial charge in [0.15, 0.2) is 5.82 Å². The Labute approximate surface area is 130 Å². The summed E-state index contributed by atoms with van der Waals surface area (Å²) in [7, 11) is 0. The van der Waals surface area contributed by atoms with Crippen molar-refractivity contribution < 1.29 is 19.8 Å². The van der Waals surface area contributed by atoms with E-state index in [9.17, 15) is 19.8 Å². The Hall–Kier alpha value is -3.42. The Kier molecular flexibility index (Phi) is 3.41. The van der Waals surface area contributed by atoms with Crippen LogP contribution in [0.2, 0.25) is 0 Å². The van der Waals surface area contributed by atoms with Gasteiger partial charge in [-0.25, -0.2) is 14.3 Å². The average Bonchev–Trinajstić information content (AvgIpc) is 2.87. The number of aryl methyl sites for hydroxylation is 1. The van der Waals surface area contributed by atoms with Gasteiger partial charge in [-0.2, -0.15) is 10.00 Å². The summed E-state index contributed by atoms with van der Waals surface area (Å²) >= 11 is 0. The highest BCUT2D eigenvalue weighted by Gasteiger charge is 2.27. The van der Waals surface area contributed by atoms with E-state index < -0.39 is 12.2 Å². The summed E-state index contributed by atoms with van der Waals surface area (Å²) in [6, 6.07) is 8.53. The van der Waals surface area contributed by atoms with Crippen LogP contribution in [0.25, 0.3) is 16.5 Å². The van der Waals surface area contributed by atoms with E-state index in [1.807, 2.05) is 6.07 Å². The number of nitrogens with zero attached hydrogens (tertiary/aromatic N) is 4. The minimum absolute atomic E-state index is 0.0631. The lowest BCUT2D eigenvalue weighted by Gasteiger charge is -2.16. The van der Waals surface area contributed by atoms with Crippen molar-refractivity contribution in [1.82, 2.24) is 14.8 Å². The first-order valence-electron chi connectivity index (χ1n) is 6.65. The molecule has 2 N–H and O–H groups in total. The molecule has 1 aromatic carbocycles. The number of rotatable bonds is 2. The van der Waals surface area contributed by atoms with Crippen LogP contribution in [0.5, 0.6) is 0 Å². The molecule has 3 aromatic rings. The predicted molar refractivity (Wildman–Crippen MR) is 82.1 cm³/mol. The maximum atomic E-state index is 11.3. The molecule has 0 bridgehead atoms. The summed E-state index contributed by atoms with van der Waals surface area (Å²) in [6.07, 6.45) is 0.0794. The summed E-state index contributed by atoms with van der Waals surface area (Å²) in [5.41, 5.74) is 1.07. The fourth-order valence-electron chi connectivity index (χ4n) is 2.39. The number of pyridine rings is 1. The number of anilines is 1. The lowest BCUT2D eigenvalue weighted by atomic mass is 10.1. The van der Waals surface area contributed by atoms with E-state index in [4.69, 9.17) is 0 Å². The molecule has 2 aromatic heterocycles. The van der Waals surface area contributed by atoms with Gasteiger partial charge in [-0.05, 0) is 19.1 Å². The van der Waals surface area contributed by atoms with Crippen molar-refractivity contribution in [3.63, 3.8) is 0 Å². The first-order chi connectivity index (χ1) is 11.0. The summed E-state index contributed by atoms with van der Waals surface area (Å²) in [6.45, 7) is 1.66. The Bertz CT molecular complexity index is 899. The molecule has 0 aliphatic heterocycles. The fraction of sp³-hybridized carbons (Fsp3) is 0.0667. The SMILES string of the molecule is Cc1cc(N(C(=O)O)C(=O)O)n(-c2cccc3cnccc23)n1. The van der Waals surface area contributed by atoms with Crippen LogP contribution in [-0.2, 0) is 0 Å². The third-order valence-corrected chi connectivity index (χ3v) is 3.31. The molecule has 0 atom stereocenters. The van der Waals surface area contributed by atoms with Gasteiger partial charge in [0.1, 0.15) is 0 Å². The van der Waals surface area contributed by atoms with Gasteiger partial charge in [0.25, 0.3) is 0 Å². The number of carbonyl (C=O) groups is 2. The smallest absolute Gasteiger partial charge is 0.422 e. The van der Waals surface area contributed by atoms with Crippen molar-refractivity contribution in [2.75, 3.05) is 4.90 Å². The van der Waals surface area contributed by atoms with E-state index >= 15 is 0 Å². The van der Waals surface area contributed by atoms with Gasteiger partial charge < -0.3 is 10.2 Å². The summed E-state index contributed by atoms with van der Waals surface area (Å²) < 4.78 is 1.31. The van der Waals surface area contributed by atoms with E-state index in [0.717, 1.165) is 10.8 Å². The van der Waals surface area contributed by atoms with Gasteiger partial charge in [0, 0.05) is 29.2 Å². The van der Waals surface area contributed by atoms with E-state index in [1.54, 1.807) is 37.5 Å². The number of hydrogen-bond acceptors (Lipinski definition) is 4. The van der Waals surface area contributed by atoms with E-state index in [0.29, 0.717) is 11.4 Å². The van der Waals surface area contributed by atoms with Crippen molar-refractivity contribution in [3.8, 4) is 5.69 Å². The second-order valence-corrected chi connectivity index (χ2v) is 4.83. The fourth-order valence-corrected chi connectivity index (χ4v) is 2.39. The average molecular weight is 312 g/mol. The number of imide groups is 1. The van der Waals surface area contributed by atoms with Gasteiger partial charge in [-0.1, -0.05) is 12.1 Å². The minimum atomic E-state index is -1.60. The van der Waals surface area contributed by atoms with Crippen LogP contribution >= 0.6 is 0 Å². The van der Waals surface area contributed by atoms with Crippen LogP contribution < -0.4 is 4.90 Å². The molecule has 3 rings (SSSR count). The van der Waals surface area contributed by atoms with Gasteiger partial charge in [-0.3, -0.25) is 4.98 Å². The molecule has 0 aliphatic carbocycles. The maximum Gasteiger partial charge on any atom is 0.422 e. The topological polar surface area (TPSA) is 109 Å². The molecule has 116 valence electrons. The Morgan fingerprint density at radius 2 is 1.91 bits per heavy atom. The Morgan fingerprint density at radius 3 is 2.61 bits per heavy atom. The molecule has 0 aliphatic rings. The summed E-state index contributed by atoms with van der Waals surface area (Å²) in [5.74, 6) is -0.0631. The second-order valence-electron chi connectivity index (χ2n) is 4.83. The molecule has 23 heavy (non-hydrogen) atoms. The van der Waals surface area contributed by atoms with Crippen LogP contribution in [0, 0.1) is 6.92 Å². The first-order valence-corrected chi connectivity index (χ1v) is 6.65. The standard InChI is InChI=1S/C15H12N4O4/c1-9-7-13(18(14(20)21)15(22)23)19(17-9)12-4-2-3-10-8-16-6-5-11(10)12/h2-8H,1H3,(H,20,21)(H,22,23). The number of fused-ring (bicyclic) bond motifs is 1. The lowest BCUT2D eigenvalue weighted by molar-refractivity contribution is 0.184. The number of benzene rings is 1. The Balaban J connectivity index is 2.28. The van der Waals surface area contributed by atoms with Crippen LogP contribution in [0.3, 0.4) is 0 Å². The van der Waals surface area contributed by atoms with Crippen LogP contribution in [0.4, 0.5) is 15.4 Å². The number of carboxylic acid groups (broad SMARTS) is 2. The van der Waals surface area contributed by atoms with Crippen molar-refractivity contribution in [2.24, 2.45) is 0 Å². The number of aromatic nitrogens is 3. The van der Waals surface area contributed by atoms with Crippen LogP contribution in [-0.4, -0.2) is 37.2 Å². The second kappa shape index (κ2) is 5.41. The van der Waals surface area contributed by atoms with Gasteiger partial charge in [0.05, 0.1) is 11.4 Å². The normalized spacial score (nSPS) is 10.7. The van der Waals surface area contributed by atoms with Crippen LogP contribution in [0.1, 0.15) is 5.69 Å². The van der Waals surface area contributed by atoms with E-state index in [2.05, 4.69) is 10.1 Å². The van der Waals surface area contributed by atoms with Crippen molar-refractivity contribution in [1.29, 1.82) is 0 Å². The Morgan fingerprint density at radius 1 is 1.17 bits per heavy atom. The summed E-state index contributed by atoms with van der Waals surface area (Å²) in [4.78, 5) is 26.9. The van der Waals surface area contributed by atoms with Crippen LogP contribution in [0.15, 0.2) is 42.7 Å². The molecular weight excluding hydrogens is 300 g/mol. The zero-order valence-electron chi connectivity index (χ0n) is 12.0.